The number of anilines is 1. The number of nitrogens with one attached hydrogen (secondary N) is 2. The summed E-state index contributed by atoms with van der Waals surface area (Å²) in [6.07, 6.45) is 3.82. The predicted octanol–water partition coefficient (Wildman–Crippen LogP) is 3.11. The topological polar surface area (TPSA) is 61.4 Å². The van der Waals surface area contributed by atoms with Crippen molar-refractivity contribution in [1.82, 2.24) is 10.2 Å². The number of piperidine rings is 1. The average Bonchev–Trinajstić information content (AvgIpc) is 2.55. The van der Waals surface area contributed by atoms with Gasteiger partial charge in [0.1, 0.15) is 0 Å². The summed E-state index contributed by atoms with van der Waals surface area (Å²) in [7, 11) is 0. The van der Waals surface area contributed by atoms with E-state index in [4.69, 9.17) is 0 Å². The third kappa shape index (κ3) is 8.25. The van der Waals surface area contributed by atoms with Gasteiger partial charge in [0.15, 0.2) is 0 Å². The summed E-state index contributed by atoms with van der Waals surface area (Å²) in [5.41, 5.74) is 0.750. The molecule has 2 N–H and O–H groups in total. The van der Waals surface area contributed by atoms with Gasteiger partial charge in [0, 0.05) is 22.7 Å². The Bertz CT molecular complexity index is 579. The standard InChI is InChI=1S/C18H26BrN3O2S/c1-14(11-22-8-3-2-4-9-22)20-17(23)12-25-13-18(24)21-16-7-5-6-15(19)10-16/h5-7,10,14H,2-4,8-9,11-13H2,1H3,(H,20,23)(H,21,24). The van der Waals surface area contributed by atoms with Gasteiger partial charge in [0.2, 0.25) is 11.8 Å². The summed E-state index contributed by atoms with van der Waals surface area (Å²) in [5.74, 6) is 0.457. The van der Waals surface area contributed by atoms with Crippen LogP contribution in [0.5, 0.6) is 0 Å². The Morgan fingerprint density at radius 1 is 1.20 bits per heavy atom. The molecular formula is C18H26BrN3O2S. The number of carbonyl (C=O) groups excluding carboxylic acids is 2. The van der Waals surface area contributed by atoms with Crippen molar-refractivity contribution < 1.29 is 9.59 Å². The molecule has 1 aliphatic heterocycles. The van der Waals surface area contributed by atoms with Gasteiger partial charge >= 0.3 is 0 Å². The highest BCUT2D eigenvalue weighted by Gasteiger charge is 2.15. The van der Waals surface area contributed by atoms with Gasteiger partial charge in [0.25, 0.3) is 0 Å². The smallest absolute Gasteiger partial charge is 0.234 e. The number of hydrogen-bond donors (Lipinski definition) is 2. The number of hydrogen-bond acceptors (Lipinski definition) is 4. The van der Waals surface area contributed by atoms with Crippen molar-refractivity contribution >= 4 is 45.2 Å². The second-order valence-electron chi connectivity index (χ2n) is 6.38. The van der Waals surface area contributed by atoms with Crippen LogP contribution in [0, 0.1) is 0 Å². The molecule has 1 aromatic carbocycles. The predicted molar refractivity (Wildman–Crippen MR) is 108 cm³/mol. The molecule has 1 atom stereocenters. The van der Waals surface area contributed by atoms with Crippen molar-refractivity contribution in [2.45, 2.75) is 32.2 Å². The number of nitrogens with zero attached hydrogens (tertiary/aromatic N) is 1. The van der Waals surface area contributed by atoms with Gasteiger partial charge in [-0.05, 0) is 51.1 Å². The molecule has 7 heteroatoms. The van der Waals surface area contributed by atoms with Crippen LogP contribution in [-0.2, 0) is 9.59 Å². The lowest BCUT2D eigenvalue weighted by atomic mass is 10.1. The first-order chi connectivity index (χ1) is 12.0. The second kappa shape index (κ2) is 10.8. The summed E-state index contributed by atoms with van der Waals surface area (Å²) in [6, 6.07) is 7.59. The van der Waals surface area contributed by atoms with Crippen LogP contribution in [0.4, 0.5) is 5.69 Å². The van der Waals surface area contributed by atoms with E-state index in [-0.39, 0.29) is 23.6 Å². The number of benzene rings is 1. The molecule has 0 aliphatic carbocycles. The minimum absolute atomic E-state index is 0.00948. The van der Waals surface area contributed by atoms with Crippen molar-refractivity contribution in [2.24, 2.45) is 0 Å². The Hall–Kier alpha value is -1.05. The van der Waals surface area contributed by atoms with E-state index < -0.39 is 0 Å². The van der Waals surface area contributed by atoms with Crippen LogP contribution >= 0.6 is 27.7 Å². The number of carbonyl (C=O) groups is 2. The molecule has 1 heterocycles. The van der Waals surface area contributed by atoms with Gasteiger partial charge in [-0.25, -0.2) is 0 Å². The summed E-state index contributed by atoms with van der Waals surface area (Å²) in [4.78, 5) is 26.3. The van der Waals surface area contributed by atoms with E-state index in [9.17, 15) is 9.59 Å². The Kier molecular flexibility index (Phi) is 8.78. The van der Waals surface area contributed by atoms with Crippen molar-refractivity contribution in [3.05, 3.63) is 28.7 Å². The Labute approximate surface area is 162 Å². The second-order valence-corrected chi connectivity index (χ2v) is 8.28. The molecule has 2 rings (SSSR count). The minimum atomic E-state index is -0.0998. The fraction of sp³-hybridized carbons (Fsp3) is 0.556. The van der Waals surface area contributed by atoms with Crippen molar-refractivity contribution in [1.29, 1.82) is 0 Å². The quantitative estimate of drug-likeness (QED) is 0.668. The highest BCUT2D eigenvalue weighted by molar-refractivity contribution is 9.10. The number of rotatable bonds is 8. The zero-order chi connectivity index (χ0) is 18.1. The van der Waals surface area contributed by atoms with Crippen molar-refractivity contribution in [3.8, 4) is 0 Å². The van der Waals surface area contributed by atoms with E-state index in [0.717, 1.165) is 29.8 Å². The number of thioether (sulfide) groups is 1. The van der Waals surface area contributed by atoms with Crippen molar-refractivity contribution in [3.63, 3.8) is 0 Å². The molecule has 1 unspecified atom stereocenters. The first-order valence-electron chi connectivity index (χ1n) is 8.68. The lowest BCUT2D eigenvalue weighted by Gasteiger charge is -2.29. The van der Waals surface area contributed by atoms with E-state index in [1.54, 1.807) is 0 Å². The molecule has 138 valence electrons. The van der Waals surface area contributed by atoms with E-state index in [0.29, 0.717) is 5.75 Å². The molecule has 0 spiro atoms. The van der Waals surface area contributed by atoms with E-state index >= 15 is 0 Å². The lowest BCUT2D eigenvalue weighted by Crippen LogP contribution is -2.44. The lowest BCUT2D eigenvalue weighted by molar-refractivity contribution is -0.119. The molecule has 0 bridgehead atoms. The van der Waals surface area contributed by atoms with Crippen LogP contribution in [0.3, 0.4) is 0 Å². The summed E-state index contributed by atoms with van der Waals surface area (Å²) >= 11 is 4.70. The molecule has 1 fully saturated rings. The molecule has 5 nitrogen and oxygen atoms in total. The van der Waals surface area contributed by atoms with Gasteiger partial charge in [-0.2, -0.15) is 0 Å². The normalized spacial score (nSPS) is 16.2. The molecule has 1 saturated heterocycles. The molecule has 25 heavy (non-hydrogen) atoms. The Morgan fingerprint density at radius 3 is 2.64 bits per heavy atom. The van der Waals surface area contributed by atoms with Crippen LogP contribution in [0.25, 0.3) is 0 Å². The van der Waals surface area contributed by atoms with Gasteiger partial charge in [0.05, 0.1) is 11.5 Å². The van der Waals surface area contributed by atoms with E-state index in [2.05, 4.69) is 31.5 Å². The molecule has 2 amide bonds. The first-order valence-corrected chi connectivity index (χ1v) is 10.6. The molecule has 0 aromatic heterocycles. The minimum Gasteiger partial charge on any atom is -0.352 e. The van der Waals surface area contributed by atoms with Gasteiger partial charge < -0.3 is 15.5 Å². The molecule has 0 radical (unpaired) electrons. The van der Waals surface area contributed by atoms with Gasteiger partial charge in [-0.15, -0.1) is 11.8 Å². The van der Waals surface area contributed by atoms with Gasteiger partial charge in [-0.3, -0.25) is 9.59 Å². The maximum Gasteiger partial charge on any atom is 0.234 e. The highest BCUT2D eigenvalue weighted by Crippen LogP contribution is 2.16. The Morgan fingerprint density at radius 2 is 1.92 bits per heavy atom. The summed E-state index contributed by atoms with van der Waals surface area (Å²) < 4.78 is 0.917. The fourth-order valence-electron chi connectivity index (χ4n) is 2.89. The molecule has 1 aromatic rings. The molecule has 0 saturated carbocycles. The average molecular weight is 428 g/mol. The maximum atomic E-state index is 12.0. The SMILES string of the molecule is CC(CN1CCCCC1)NC(=O)CSCC(=O)Nc1cccc(Br)c1. The molecule has 1 aliphatic rings. The van der Waals surface area contributed by atoms with Crippen LogP contribution < -0.4 is 10.6 Å². The third-order valence-electron chi connectivity index (χ3n) is 3.96. The maximum absolute atomic E-state index is 12.0. The van der Waals surface area contributed by atoms with Gasteiger partial charge in [-0.1, -0.05) is 28.4 Å². The first kappa shape index (κ1) is 20.3. The summed E-state index contributed by atoms with van der Waals surface area (Å²) in [5, 5.41) is 5.84. The van der Waals surface area contributed by atoms with Crippen LogP contribution in [-0.4, -0.2) is 53.9 Å². The fourth-order valence-corrected chi connectivity index (χ4v) is 3.92. The largest absolute Gasteiger partial charge is 0.352 e. The summed E-state index contributed by atoms with van der Waals surface area (Å²) in [6.45, 7) is 5.20. The van der Waals surface area contributed by atoms with E-state index in [1.807, 2.05) is 31.2 Å². The van der Waals surface area contributed by atoms with Crippen LogP contribution in [0.15, 0.2) is 28.7 Å². The number of amides is 2. The number of likely N-dealkylation sites (tertiary alicyclic amines) is 1. The highest BCUT2D eigenvalue weighted by atomic mass is 79.9. The third-order valence-corrected chi connectivity index (χ3v) is 5.39. The van der Waals surface area contributed by atoms with Crippen LogP contribution in [0.2, 0.25) is 0 Å². The van der Waals surface area contributed by atoms with Crippen LogP contribution in [0.1, 0.15) is 26.2 Å². The zero-order valence-electron chi connectivity index (χ0n) is 14.6. The Balaban J connectivity index is 1.60. The molecular weight excluding hydrogens is 402 g/mol. The zero-order valence-corrected chi connectivity index (χ0v) is 17.0. The monoisotopic (exact) mass is 427 g/mol. The number of halogens is 1. The van der Waals surface area contributed by atoms with E-state index in [1.165, 1.54) is 31.0 Å². The van der Waals surface area contributed by atoms with Crippen molar-refractivity contribution in [2.75, 3.05) is 36.5 Å².